The third-order valence-corrected chi connectivity index (χ3v) is 3.84. The minimum Gasteiger partial charge on any atom is -0.497 e. The summed E-state index contributed by atoms with van der Waals surface area (Å²) >= 11 is 0. The Morgan fingerprint density at radius 1 is 1.14 bits per heavy atom. The number of aromatic amines is 1. The van der Waals surface area contributed by atoms with Crippen molar-refractivity contribution >= 4 is 18.1 Å². The number of hydrogen-bond acceptors (Lipinski definition) is 2. The minimum absolute atomic E-state index is 0.0845. The Balaban J connectivity index is 0.000000717. The van der Waals surface area contributed by atoms with Gasteiger partial charge in [0.15, 0.2) is 0 Å². The number of rotatable bonds is 5. The molecule has 0 fully saturated rings. The second-order valence-corrected chi connectivity index (χ2v) is 6.15. The summed E-state index contributed by atoms with van der Waals surface area (Å²) in [7, 11) is 1.65. The molecule has 0 radical (unpaired) electrons. The first-order valence-electron chi connectivity index (χ1n) is 10.1. The normalized spacial score (nSPS) is 11.5. The third-order valence-electron chi connectivity index (χ3n) is 3.84. The fourth-order valence-electron chi connectivity index (χ4n) is 2.60. The quantitative estimate of drug-likeness (QED) is 0.823. The highest BCUT2D eigenvalue weighted by atomic mass is 16.5. The monoisotopic (exact) mass is 382 g/mol. The molecule has 1 aliphatic rings. The average Bonchev–Trinajstić information content (AvgIpc) is 3.03. The Kier molecular flexibility index (Phi) is 11.2. The summed E-state index contributed by atoms with van der Waals surface area (Å²) in [6.07, 6.45) is 8.85. The maximum absolute atomic E-state index is 12.3. The van der Waals surface area contributed by atoms with Gasteiger partial charge >= 0.3 is 0 Å². The Hall–Kier alpha value is -2.75. The molecule has 28 heavy (non-hydrogen) atoms. The molecule has 0 saturated carbocycles. The van der Waals surface area contributed by atoms with Crippen LogP contribution in [0.15, 0.2) is 48.2 Å². The predicted octanol–water partition coefficient (Wildman–Crippen LogP) is 3.92. The van der Waals surface area contributed by atoms with Crippen LogP contribution in [-0.4, -0.2) is 24.5 Å². The van der Waals surface area contributed by atoms with Gasteiger partial charge in [-0.25, -0.2) is 0 Å². The molecule has 152 valence electrons. The van der Waals surface area contributed by atoms with Crippen LogP contribution in [0.25, 0.3) is 12.2 Å². The van der Waals surface area contributed by atoms with Crippen molar-refractivity contribution in [1.29, 1.82) is 0 Å². The van der Waals surface area contributed by atoms with Crippen LogP contribution in [0.3, 0.4) is 0 Å². The van der Waals surface area contributed by atoms with Crippen molar-refractivity contribution in [3.63, 3.8) is 0 Å². The Morgan fingerprint density at radius 3 is 2.46 bits per heavy atom. The van der Waals surface area contributed by atoms with Crippen molar-refractivity contribution in [2.75, 3.05) is 13.7 Å². The lowest BCUT2D eigenvalue weighted by molar-refractivity contribution is 0.0949. The number of carbonyl (C=O) groups is 1. The molecule has 0 atom stereocenters. The first-order chi connectivity index (χ1) is 13.7. The second kappa shape index (κ2) is 13.4. The average molecular weight is 383 g/mol. The molecule has 1 aliphatic carbocycles. The molecule has 0 unspecified atom stereocenters. The van der Waals surface area contributed by atoms with E-state index in [9.17, 15) is 4.79 Å². The van der Waals surface area contributed by atoms with Gasteiger partial charge in [0.25, 0.3) is 5.91 Å². The fourth-order valence-corrected chi connectivity index (χ4v) is 2.60. The highest BCUT2D eigenvalue weighted by Gasteiger charge is 2.08. The molecule has 0 bridgehead atoms. The smallest absolute Gasteiger partial charge is 0.267 e. The van der Waals surface area contributed by atoms with Crippen LogP contribution >= 0.6 is 0 Å². The Bertz CT molecular complexity index is 848. The van der Waals surface area contributed by atoms with Crippen molar-refractivity contribution in [3.05, 3.63) is 70.1 Å². The van der Waals surface area contributed by atoms with E-state index in [1.807, 2.05) is 50.3 Å². The number of fused-ring (bicyclic) bond motifs is 1. The third kappa shape index (κ3) is 7.47. The number of amides is 1. The zero-order valence-electron chi connectivity index (χ0n) is 17.8. The molecule has 0 aliphatic heterocycles. The first kappa shape index (κ1) is 23.3. The lowest BCUT2D eigenvalue weighted by Crippen LogP contribution is -2.26. The molecule has 1 aromatic heterocycles. The largest absolute Gasteiger partial charge is 0.497 e. The van der Waals surface area contributed by atoms with Gasteiger partial charge in [-0.05, 0) is 36.6 Å². The fraction of sp³-hybridized carbons (Fsp3) is 0.375. The Morgan fingerprint density at radius 2 is 1.82 bits per heavy atom. The van der Waals surface area contributed by atoms with Crippen LogP contribution in [0.2, 0.25) is 0 Å². The van der Waals surface area contributed by atoms with Crippen molar-refractivity contribution < 1.29 is 9.53 Å². The van der Waals surface area contributed by atoms with Crippen LogP contribution in [0.1, 0.15) is 56.6 Å². The topological polar surface area (TPSA) is 54.1 Å². The lowest BCUT2D eigenvalue weighted by Gasteiger charge is -2.03. The number of hydrogen-bond donors (Lipinski definition) is 2. The molecule has 2 aromatic rings. The highest BCUT2D eigenvalue weighted by molar-refractivity contribution is 5.92. The summed E-state index contributed by atoms with van der Waals surface area (Å²) in [6.45, 7) is 8.86. The zero-order valence-corrected chi connectivity index (χ0v) is 17.8. The van der Waals surface area contributed by atoms with E-state index in [1.165, 1.54) is 12.0 Å². The van der Waals surface area contributed by atoms with Gasteiger partial charge in [0.1, 0.15) is 11.5 Å². The molecule has 3 rings (SSSR count). The summed E-state index contributed by atoms with van der Waals surface area (Å²) in [4.78, 5) is 15.5. The molecule has 0 spiro atoms. The van der Waals surface area contributed by atoms with Crippen molar-refractivity contribution in [3.8, 4) is 0 Å². The molecule has 0 saturated heterocycles. The van der Waals surface area contributed by atoms with Gasteiger partial charge in [0, 0.05) is 17.1 Å². The van der Waals surface area contributed by atoms with Gasteiger partial charge in [-0.15, -0.1) is 0 Å². The number of allylic oxidation sites excluding steroid dienone is 2. The van der Waals surface area contributed by atoms with Crippen molar-refractivity contribution in [2.45, 2.75) is 47.0 Å². The maximum atomic E-state index is 12.3. The summed E-state index contributed by atoms with van der Waals surface area (Å²) < 4.78 is 5.28. The van der Waals surface area contributed by atoms with E-state index in [0.717, 1.165) is 29.2 Å². The van der Waals surface area contributed by atoms with Crippen molar-refractivity contribution in [2.24, 2.45) is 0 Å². The SMILES string of the molecule is CC.CCC.COC1=CCC=c2[nH]c(C(=O)NCCc3ccccc3)cc2=C1. The van der Waals surface area contributed by atoms with Gasteiger partial charge in [-0.3, -0.25) is 4.79 Å². The molecule has 1 amide bonds. The van der Waals surface area contributed by atoms with E-state index in [2.05, 4.69) is 42.4 Å². The van der Waals surface area contributed by atoms with E-state index in [1.54, 1.807) is 7.11 Å². The second-order valence-electron chi connectivity index (χ2n) is 6.15. The summed E-state index contributed by atoms with van der Waals surface area (Å²) in [5.41, 5.74) is 1.79. The number of methoxy groups -OCH3 is 1. The van der Waals surface area contributed by atoms with Crippen LogP contribution in [-0.2, 0) is 11.2 Å². The number of ether oxygens (including phenoxy) is 1. The van der Waals surface area contributed by atoms with E-state index in [-0.39, 0.29) is 5.91 Å². The molecule has 1 heterocycles. The van der Waals surface area contributed by atoms with Gasteiger partial charge in [-0.2, -0.15) is 0 Å². The lowest BCUT2D eigenvalue weighted by atomic mass is 10.1. The van der Waals surface area contributed by atoms with Gasteiger partial charge in [0.2, 0.25) is 0 Å². The van der Waals surface area contributed by atoms with Crippen LogP contribution in [0, 0.1) is 0 Å². The highest BCUT2D eigenvalue weighted by Crippen LogP contribution is 2.02. The predicted molar refractivity (Wildman–Crippen MR) is 118 cm³/mol. The standard InChI is InChI=1S/C19H20N2O2.C3H8.C2H6/c1-23-16-8-5-9-17-15(12-16)13-18(21-17)19(22)20-11-10-14-6-3-2-4-7-14;1-3-2;1-2/h2-4,6-9,12-13,21H,5,10-11H2,1H3,(H,20,22);3H2,1-2H3;1-2H3. The molecule has 1 aromatic carbocycles. The van der Waals surface area contributed by atoms with Crippen LogP contribution < -0.4 is 15.9 Å². The van der Waals surface area contributed by atoms with E-state index >= 15 is 0 Å². The first-order valence-corrected chi connectivity index (χ1v) is 10.1. The van der Waals surface area contributed by atoms with Gasteiger partial charge < -0.3 is 15.0 Å². The summed E-state index contributed by atoms with van der Waals surface area (Å²) in [5, 5.41) is 4.89. The Labute approximate surface area is 169 Å². The van der Waals surface area contributed by atoms with E-state index < -0.39 is 0 Å². The summed E-state index contributed by atoms with van der Waals surface area (Å²) in [6, 6.07) is 12.0. The van der Waals surface area contributed by atoms with Crippen LogP contribution in [0.5, 0.6) is 0 Å². The van der Waals surface area contributed by atoms with Gasteiger partial charge in [0.05, 0.1) is 7.11 Å². The minimum atomic E-state index is -0.0845. The number of aromatic nitrogens is 1. The zero-order chi connectivity index (χ0) is 20.8. The number of nitrogens with one attached hydrogen (secondary N) is 2. The molecule has 4 nitrogen and oxygen atoms in total. The van der Waals surface area contributed by atoms with Crippen LogP contribution in [0.4, 0.5) is 0 Å². The van der Waals surface area contributed by atoms with E-state index in [4.69, 9.17) is 4.74 Å². The number of benzene rings is 1. The van der Waals surface area contributed by atoms with Gasteiger partial charge in [-0.1, -0.05) is 70.5 Å². The number of carbonyl (C=O) groups excluding carboxylic acids is 1. The number of H-pyrrole nitrogens is 1. The molecular weight excluding hydrogens is 348 g/mol. The molecule has 4 heteroatoms. The maximum Gasteiger partial charge on any atom is 0.267 e. The molecular formula is C24H34N2O2. The van der Waals surface area contributed by atoms with Crippen molar-refractivity contribution in [1.82, 2.24) is 10.3 Å². The molecule has 2 N–H and O–H groups in total. The van der Waals surface area contributed by atoms with E-state index in [0.29, 0.717) is 12.2 Å². The summed E-state index contributed by atoms with van der Waals surface area (Å²) in [5.74, 6) is 0.730.